The van der Waals surface area contributed by atoms with E-state index in [2.05, 4.69) is 25.2 Å². The fourth-order valence-electron chi connectivity index (χ4n) is 1.96. The fourth-order valence-corrected chi connectivity index (χ4v) is 3.02. The third-order valence-corrected chi connectivity index (χ3v) is 4.65. The molecule has 0 aromatic carbocycles. The van der Waals surface area contributed by atoms with Crippen molar-refractivity contribution in [1.82, 2.24) is 9.13 Å². The lowest BCUT2D eigenvalue weighted by atomic mass is 10.3. The van der Waals surface area contributed by atoms with Crippen molar-refractivity contribution in [2.45, 2.75) is 46.5 Å². The van der Waals surface area contributed by atoms with Gasteiger partial charge in [0, 0.05) is 19.8 Å². The number of aromatic nitrogens is 2. The minimum atomic E-state index is -0.300. The number of thioether (sulfide) groups is 1. The minimum Gasteiger partial charge on any atom is -0.345 e. The first-order chi connectivity index (χ1) is 10.4. The molecule has 0 aliphatic carbocycles. The molecule has 0 fully saturated rings. The number of unbranched alkanes of at least 4 members (excludes halogenated alkanes) is 2. The maximum absolute atomic E-state index is 12.4. The van der Waals surface area contributed by atoms with Crippen LogP contribution in [0.15, 0.2) is 20.7 Å². The molecule has 0 saturated carbocycles. The molecule has 1 heterocycles. The van der Waals surface area contributed by atoms with E-state index in [1.54, 1.807) is 25.7 Å². The average Bonchev–Trinajstić information content (AvgIpc) is 2.52. The Morgan fingerprint density at radius 3 is 2.45 bits per heavy atom. The van der Waals surface area contributed by atoms with Gasteiger partial charge in [0.15, 0.2) is 0 Å². The molecule has 1 rings (SSSR count). The van der Waals surface area contributed by atoms with Crippen molar-refractivity contribution in [2.24, 2.45) is 14.1 Å². The van der Waals surface area contributed by atoms with E-state index in [0.717, 1.165) is 41.0 Å². The second-order valence-corrected chi connectivity index (χ2v) is 6.49. The van der Waals surface area contributed by atoms with E-state index in [0.29, 0.717) is 11.4 Å². The highest BCUT2D eigenvalue weighted by atomic mass is 32.2. The predicted molar refractivity (Wildman–Crippen MR) is 95.6 cm³/mol. The third-order valence-electron chi connectivity index (χ3n) is 3.58. The van der Waals surface area contributed by atoms with Gasteiger partial charge in [-0.2, -0.15) is 0 Å². The van der Waals surface area contributed by atoms with Gasteiger partial charge in [0.1, 0.15) is 5.69 Å². The van der Waals surface area contributed by atoms with Crippen LogP contribution < -0.4 is 16.6 Å². The maximum Gasteiger partial charge on any atom is 0.330 e. The molecule has 0 unspecified atom stereocenters. The van der Waals surface area contributed by atoms with Crippen molar-refractivity contribution < 1.29 is 0 Å². The van der Waals surface area contributed by atoms with E-state index in [9.17, 15) is 9.59 Å². The monoisotopic (exact) mass is 325 g/mol. The zero-order valence-corrected chi connectivity index (χ0v) is 15.0. The summed E-state index contributed by atoms with van der Waals surface area (Å²) < 4.78 is 2.64. The Morgan fingerprint density at radius 1 is 1.18 bits per heavy atom. The Bertz CT molecular complexity index is 644. The SMILES string of the molecule is CCC/C=C(/Nc1c(C)n(C)c(=O)n(C)c1=O)SCCCC. The van der Waals surface area contributed by atoms with E-state index in [1.807, 2.05) is 0 Å². The van der Waals surface area contributed by atoms with Gasteiger partial charge in [-0.05, 0) is 25.5 Å². The van der Waals surface area contributed by atoms with Crippen LogP contribution >= 0.6 is 11.8 Å². The Balaban J connectivity index is 3.13. The summed E-state index contributed by atoms with van der Waals surface area (Å²) in [4.78, 5) is 24.3. The van der Waals surface area contributed by atoms with Crippen LogP contribution in [-0.4, -0.2) is 14.9 Å². The molecule has 0 aliphatic rings. The average molecular weight is 325 g/mol. The molecule has 0 aliphatic heterocycles. The van der Waals surface area contributed by atoms with E-state index in [1.165, 1.54) is 11.6 Å². The molecule has 0 spiro atoms. The van der Waals surface area contributed by atoms with Gasteiger partial charge in [0.2, 0.25) is 0 Å². The molecule has 0 amide bonds. The molecule has 124 valence electrons. The highest BCUT2D eigenvalue weighted by Crippen LogP contribution is 2.21. The maximum atomic E-state index is 12.4. The van der Waals surface area contributed by atoms with Crippen molar-refractivity contribution in [3.05, 3.63) is 37.6 Å². The van der Waals surface area contributed by atoms with Crippen LogP contribution in [-0.2, 0) is 14.1 Å². The molecular weight excluding hydrogens is 298 g/mol. The van der Waals surface area contributed by atoms with E-state index in [-0.39, 0.29) is 11.2 Å². The van der Waals surface area contributed by atoms with Crippen molar-refractivity contribution in [3.8, 4) is 0 Å². The van der Waals surface area contributed by atoms with Gasteiger partial charge in [0.05, 0.1) is 5.03 Å². The number of anilines is 1. The summed E-state index contributed by atoms with van der Waals surface area (Å²) in [6, 6.07) is 0. The van der Waals surface area contributed by atoms with Gasteiger partial charge in [0.25, 0.3) is 5.56 Å². The van der Waals surface area contributed by atoms with Crippen molar-refractivity contribution in [2.75, 3.05) is 11.1 Å². The van der Waals surface area contributed by atoms with Crippen LogP contribution in [0.4, 0.5) is 5.69 Å². The summed E-state index contributed by atoms with van der Waals surface area (Å²) >= 11 is 1.73. The quantitative estimate of drug-likeness (QED) is 0.747. The number of rotatable bonds is 8. The molecule has 1 aromatic heterocycles. The van der Waals surface area contributed by atoms with Crippen LogP contribution in [0.2, 0.25) is 0 Å². The summed E-state index contributed by atoms with van der Waals surface area (Å²) in [5.74, 6) is 1.02. The molecule has 0 radical (unpaired) electrons. The minimum absolute atomic E-state index is 0.279. The topological polar surface area (TPSA) is 56.0 Å². The highest BCUT2D eigenvalue weighted by Gasteiger charge is 2.13. The lowest BCUT2D eigenvalue weighted by molar-refractivity contribution is 0.671. The molecular formula is C16H27N3O2S. The number of nitrogens with zero attached hydrogens (tertiary/aromatic N) is 2. The smallest absolute Gasteiger partial charge is 0.330 e. The van der Waals surface area contributed by atoms with Crippen LogP contribution in [0.5, 0.6) is 0 Å². The van der Waals surface area contributed by atoms with Gasteiger partial charge >= 0.3 is 5.69 Å². The fraction of sp³-hybridized carbons (Fsp3) is 0.625. The second-order valence-electron chi connectivity index (χ2n) is 5.35. The van der Waals surface area contributed by atoms with Crippen molar-refractivity contribution >= 4 is 17.4 Å². The molecule has 1 aromatic rings. The van der Waals surface area contributed by atoms with Crippen molar-refractivity contribution in [3.63, 3.8) is 0 Å². The Hall–Kier alpha value is -1.43. The lowest BCUT2D eigenvalue weighted by Gasteiger charge is -2.15. The predicted octanol–water partition coefficient (Wildman–Crippen LogP) is 2.98. The zero-order valence-electron chi connectivity index (χ0n) is 14.2. The number of nitrogens with one attached hydrogen (secondary N) is 1. The summed E-state index contributed by atoms with van der Waals surface area (Å²) in [6.07, 6.45) is 6.44. The van der Waals surface area contributed by atoms with E-state index < -0.39 is 0 Å². The van der Waals surface area contributed by atoms with Crippen LogP contribution in [0.3, 0.4) is 0 Å². The molecule has 0 saturated heterocycles. The zero-order chi connectivity index (χ0) is 16.7. The molecule has 1 N–H and O–H groups in total. The summed E-state index contributed by atoms with van der Waals surface area (Å²) in [7, 11) is 3.19. The van der Waals surface area contributed by atoms with E-state index >= 15 is 0 Å². The Morgan fingerprint density at radius 2 is 1.86 bits per heavy atom. The van der Waals surface area contributed by atoms with Gasteiger partial charge in [-0.3, -0.25) is 13.9 Å². The van der Waals surface area contributed by atoms with Gasteiger partial charge in [-0.15, -0.1) is 11.8 Å². The van der Waals surface area contributed by atoms with Crippen LogP contribution in [0.1, 0.15) is 45.2 Å². The Kier molecular flexibility index (Phi) is 7.51. The first kappa shape index (κ1) is 18.6. The van der Waals surface area contributed by atoms with Crippen LogP contribution in [0, 0.1) is 6.92 Å². The molecule has 22 heavy (non-hydrogen) atoms. The van der Waals surface area contributed by atoms with Gasteiger partial charge in [-0.1, -0.05) is 32.8 Å². The molecule has 6 heteroatoms. The van der Waals surface area contributed by atoms with E-state index in [4.69, 9.17) is 0 Å². The molecule has 0 bridgehead atoms. The highest BCUT2D eigenvalue weighted by molar-refractivity contribution is 8.03. The standard InChI is InChI=1S/C16H27N3O2S/c1-6-8-10-13(22-11-9-7-2)17-14-12(3)18(4)16(21)19(5)15(14)20/h10,17H,6-9,11H2,1-5H3/b13-10-. The largest absolute Gasteiger partial charge is 0.345 e. The van der Waals surface area contributed by atoms with Crippen molar-refractivity contribution in [1.29, 1.82) is 0 Å². The number of hydrogen-bond donors (Lipinski definition) is 1. The van der Waals surface area contributed by atoms with Gasteiger partial charge in [-0.25, -0.2) is 4.79 Å². The summed E-state index contributed by atoms with van der Waals surface area (Å²) in [5, 5.41) is 4.24. The van der Waals surface area contributed by atoms with Gasteiger partial charge < -0.3 is 5.32 Å². The summed E-state index contributed by atoms with van der Waals surface area (Å²) in [5.41, 5.74) is 0.562. The second kappa shape index (κ2) is 8.88. The first-order valence-corrected chi connectivity index (χ1v) is 8.79. The molecule has 0 atom stereocenters. The normalized spacial score (nSPS) is 11.8. The van der Waals surface area contributed by atoms with Crippen LogP contribution in [0.25, 0.3) is 0 Å². The summed E-state index contributed by atoms with van der Waals surface area (Å²) in [6.45, 7) is 6.08. The first-order valence-electron chi connectivity index (χ1n) is 7.80. The number of hydrogen-bond acceptors (Lipinski definition) is 4. The third kappa shape index (κ3) is 4.53. The molecule has 5 nitrogen and oxygen atoms in total. The lowest BCUT2D eigenvalue weighted by Crippen LogP contribution is -2.39. The number of allylic oxidation sites excluding steroid dienone is 1. The Labute approximate surface area is 136 Å².